The highest BCUT2D eigenvalue weighted by molar-refractivity contribution is 5.76. The van der Waals surface area contributed by atoms with Crippen LogP contribution in [0.4, 0.5) is 0 Å². The quantitative estimate of drug-likeness (QED) is 0.744. The molecular weight excluding hydrogens is 178 g/mol. The lowest BCUT2D eigenvalue weighted by atomic mass is 9.95. The third-order valence-corrected chi connectivity index (χ3v) is 3.15. The van der Waals surface area contributed by atoms with Crippen LogP contribution in [0.3, 0.4) is 0 Å². The van der Waals surface area contributed by atoms with Crippen molar-refractivity contribution in [3.63, 3.8) is 0 Å². The number of rotatable bonds is 3. The van der Waals surface area contributed by atoms with Gasteiger partial charge < -0.3 is 10.1 Å². The fraction of sp³-hybridized carbons (Fsp3) is 0.909. The molecule has 1 aliphatic carbocycles. The Morgan fingerprint density at radius 1 is 1.21 bits per heavy atom. The second-order valence-corrected chi connectivity index (χ2v) is 4.51. The number of nitrogens with one attached hydrogen (secondary N) is 1. The first kappa shape index (κ1) is 9.97. The smallest absolute Gasteiger partial charge is 0.220 e. The maximum atomic E-state index is 11.5. The Morgan fingerprint density at radius 2 is 1.93 bits per heavy atom. The van der Waals surface area contributed by atoms with Gasteiger partial charge in [-0.05, 0) is 12.8 Å². The topological polar surface area (TPSA) is 38.3 Å². The van der Waals surface area contributed by atoms with E-state index in [2.05, 4.69) is 5.32 Å². The molecule has 0 aromatic carbocycles. The molecule has 1 saturated carbocycles. The molecule has 0 unspecified atom stereocenters. The molecule has 2 rings (SSSR count). The van der Waals surface area contributed by atoms with Crippen molar-refractivity contribution in [2.45, 2.75) is 44.6 Å². The third kappa shape index (κ3) is 2.71. The van der Waals surface area contributed by atoms with E-state index in [0.29, 0.717) is 18.4 Å². The largest absolute Gasteiger partial charge is 0.381 e. The van der Waals surface area contributed by atoms with Crippen LogP contribution in [0.25, 0.3) is 0 Å². The van der Waals surface area contributed by atoms with Crippen molar-refractivity contribution in [1.82, 2.24) is 5.32 Å². The number of amides is 1. The molecule has 2 aliphatic rings. The lowest BCUT2D eigenvalue weighted by Gasteiger charge is -2.27. The monoisotopic (exact) mass is 197 g/mol. The molecule has 0 aromatic rings. The number of carbonyl (C=O) groups excluding carboxylic acids is 1. The van der Waals surface area contributed by atoms with Gasteiger partial charge in [-0.25, -0.2) is 0 Å². The van der Waals surface area contributed by atoms with Gasteiger partial charge in [0.05, 0.1) is 13.2 Å². The first-order valence-corrected chi connectivity index (χ1v) is 5.71. The van der Waals surface area contributed by atoms with Gasteiger partial charge in [0, 0.05) is 18.4 Å². The third-order valence-electron chi connectivity index (χ3n) is 3.15. The molecule has 80 valence electrons. The maximum absolute atomic E-state index is 11.5. The maximum Gasteiger partial charge on any atom is 0.220 e. The Hall–Kier alpha value is -0.570. The molecule has 1 aliphatic heterocycles. The van der Waals surface area contributed by atoms with Crippen LogP contribution in [0.1, 0.15) is 38.5 Å². The molecule has 1 saturated heterocycles. The molecule has 0 atom stereocenters. The summed E-state index contributed by atoms with van der Waals surface area (Å²) in [7, 11) is 0. The molecule has 0 aromatic heterocycles. The normalized spacial score (nSPS) is 24.3. The van der Waals surface area contributed by atoms with E-state index < -0.39 is 0 Å². The van der Waals surface area contributed by atoms with E-state index in [4.69, 9.17) is 4.74 Å². The lowest BCUT2D eigenvalue weighted by Crippen LogP contribution is -2.40. The molecule has 3 nitrogen and oxygen atoms in total. The van der Waals surface area contributed by atoms with Gasteiger partial charge in [-0.1, -0.05) is 19.3 Å². The molecule has 1 heterocycles. The van der Waals surface area contributed by atoms with E-state index in [9.17, 15) is 4.79 Å². The van der Waals surface area contributed by atoms with Gasteiger partial charge in [-0.3, -0.25) is 4.79 Å². The van der Waals surface area contributed by atoms with Crippen LogP contribution in [-0.2, 0) is 9.53 Å². The minimum absolute atomic E-state index is 0.227. The van der Waals surface area contributed by atoms with E-state index in [1.807, 2.05) is 0 Å². The van der Waals surface area contributed by atoms with Gasteiger partial charge in [0.1, 0.15) is 0 Å². The number of hydrogen-bond acceptors (Lipinski definition) is 2. The van der Waals surface area contributed by atoms with E-state index in [0.717, 1.165) is 13.2 Å². The highest BCUT2D eigenvalue weighted by atomic mass is 16.5. The van der Waals surface area contributed by atoms with Crippen molar-refractivity contribution in [1.29, 1.82) is 0 Å². The van der Waals surface area contributed by atoms with Crippen LogP contribution in [-0.4, -0.2) is 25.2 Å². The highest BCUT2D eigenvalue weighted by Gasteiger charge is 2.23. The van der Waals surface area contributed by atoms with Gasteiger partial charge in [0.2, 0.25) is 5.91 Å². The Kier molecular flexibility index (Phi) is 3.40. The Morgan fingerprint density at radius 3 is 2.50 bits per heavy atom. The Balaban J connectivity index is 1.64. The molecule has 2 fully saturated rings. The SMILES string of the molecule is O=C(CC1COC1)NC1CCCCC1. The molecule has 0 bridgehead atoms. The van der Waals surface area contributed by atoms with Crippen LogP contribution in [0.5, 0.6) is 0 Å². The van der Waals surface area contributed by atoms with E-state index >= 15 is 0 Å². The zero-order chi connectivity index (χ0) is 9.80. The second kappa shape index (κ2) is 4.78. The molecule has 0 radical (unpaired) electrons. The molecule has 0 spiro atoms. The van der Waals surface area contributed by atoms with Gasteiger partial charge in [0.15, 0.2) is 0 Å². The first-order valence-electron chi connectivity index (χ1n) is 5.71. The van der Waals surface area contributed by atoms with E-state index in [1.165, 1.54) is 32.1 Å². The minimum atomic E-state index is 0.227. The minimum Gasteiger partial charge on any atom is -0.381 e. The molecule has 3 heteroatoms. The average Bonchev–Trinajstić information content (AvgIpc) is 2.13. The van der Waals surface area contributed by atoms with Crippen LogP contribution in [0, 0.1) is 5.92 Å². The first-order chi connectivity index (χ1) is 6.84. The van der Waals surface area contributed by atoms with Crippen LogP contribution >= 0.6 is 0 Å². The standard InChI is InChI=1S/C11H19NO2/c13-11(6-9-7-14-8-9)12-10-4-2-1-3-5-10/h9-10H,1-8H2,(H,12,13). The van der Waals surface area contributed by atoms with Crippen molar-refractivity contribution in [2.24, 2.45) is 5.92 Å². The number of carbonyl (C=O) groups is 1. The summed E-state index contributed by atoms with van der Waals surface area (Å²) in [6, 6.07) is 0.456. The average molecular weight is 197 g/mol. The summed E-state index contributed by atoms with van der Waals surface area (Å²) < 4.78 is 5.05. The van der Waals surface area contributed by atoms with Crippen molar-refractivity contribution in [3.05, 3.63) is 0 Å². The van der Waals surface area contributed by atoms with Crippen LogP contribution in [0.2, 0.25) is 0 Å². The van der Waals surface area contributed by atoms with Crippen molar-refractivity contribution in [2.75, 3.05) is 13.2 Å². The molecule has 1 amide bonds. The van der Waals surface area contributed by atoms with E-state index in [-0.39, 0.29) is 5.91 Å². The summed E-state index contributed by atoms with van der Waals surface area (Å²) in [6.07, 6.45) is 6.90. The Labute approximate surface area is 85.2 Å². The Bertz CT molecular complexity index is 195. The van der Waals surface area contributed by atoms with Crippen molar-refractivity contribution < 1.29 is 9.53 Å². The zero-order valence-electron chi connectivity index (χ0n) is 8.63. The van der Waals surface area contributed by atoms with Crippen LogP contribution in [0.15, 0.2) is 0 Å². The molecule has 1 N–H and O–H groups in total. The predicted octanol–water partition coefficient (Wildman–Crippen LogP) is 1.47. The van der Waals surface area contributed by atoms with Gasteiger partial charge in [-0.15, -0.1) is 0 Å². The summed E-state index contributed by atoms with van der Waals surface area (Å²) >= 11 is 0. The summed E-state index contributed by atoms with van der Waals surface area (Å²) in [4.78, 5) is 11.5. The summed E-state index contributed by atoms with van der Waals surface area (Å²) in [6.45, 7) is 1.55. The van der Waals surface area contributed by atoms with Gasteiger partial charge in [0.25, 0.3) is 0 Å². The fourth-order valence-corrected chi connectivity index (χ4v) is 2.20. The van der Waals surface area contributed by atoms with Crippen molar-refractivity contribution >= 4 is 5.91 Å². The lowest BCUT2D eigenvalue weighted by molar-refractivity contribution is -0.127. The predicted molar refractivity (Wildman–Crippen MR) is 53.9 cm³/mol. The van der Waals surface area contributed by atoms with Gasteiger partial charge >= 0.3 is 0 Å². The summed E-state index contributed by atoms with van der Waals surface area (Å²) in [5.74, 6) is 0.712. The molecule has 14 heavy (non-hydrogen) atoms. The summed E-state index contributed by atoms with van der Waals surface area (Å²) in [5.41, 5.74) is 0. The fourth-order valence-electron chi connectivity index (χ4n) is 2.20. The van der Waals surface area contributed by atoms with Crippen LogP contribution < -0.4 is 5.32 Å². The zero-order valence-corrected chi connectivity index (χ0v) is 8.63. The molecular formula is C11H19NO2. The van der Waals surface area contributed by atoms with E-state index in [1.54, 1.807) is 0 Å². The number of hydrogen-bond donors (Lipinski definition) is 1. The van der Waals surface area contributed by atoms with Crippen molar-refractivity contribution in [3.8, 4) is 0 Å². The number of ether oxygens (including phenoxy) is 1. The summed E-state index contributed by atoms with van der Waals surface area (Å²) in [5, 5.41) is 3.12. The van der Waals surface area contributed by atoms with Gasteiger partial charge in [-0.2, -0.15) is 0 Å². The highest BCUT2D eigenvalue weighted by Crippen LogP contribution is 2.18. The second-order valence-electron chi connectivity index (χ2n) is 4.51.